The first-order valence-electron chi connectivity index (χ1n) is 8.74. The summed E-state index contributed by atoms with van der Waals surface area (Å²) in [4.78, 5) is 0. The standard InChI is InChI=1S/C15H28O13/c16-1-5(26-15-13(24)11(22)9(20)7(3-18)28-15)4-25-14-12(23)10(21)8(19)6(2-17)27-14/h5-24H,1-4H2/t5?,6-,7-,8+,9-,10+,11+,12-,13-,14?,15?/m1/s1. The van der Waals surface area contributed by atoms with Crippen molar-refractivity contribution in [3.8, 4) is 0 Å². The van der Waals surface area contributed by atoms with Crippen LogP contribution in [0.15, 0.2) is 0 Å². The van der Waals surface area contributed by atoms with Crippen LogP contribution in [0.2, 0.25) is 0 Å². The molecule has 2 aliphatic rings. The van der Waals surface area contributed by atoms with E-state index in [1.54, 1.807) is 0 Å². The summed E-state index contributed by atoms with van der Waals surface area (Å²) in [5.41, 5.74) is 0. The van der Waals surface area contributed by atoms with Crippen molar-refractivity contribution in [3.05, 3.63) is 0 Å². The van der Waals surface area contributed by atoms with Crippen molar-refractivity contribution in [2.75, 3.05) is 26.4 Å². The minimum atomic E-state index is -1.68. The van der Waals surface area contributed by atoms with Gasteiger partial charge in [-0.3, -0.25) is 0 Å². The van der Waals surface area contributed by atoms with Gasteiger partial charge >= 0.3 is 0 Å². The molecule has 0 aromatic heterocycles. The van der Waals surface area contributed by atoms with Crippen LogP contribution in [0.25, 0.3) is 0 Å². The Morgan fingerprint density at radius 3 is 1.57 bits per heavy atom. The maximum Gasteiger partial charge on any atom is 0.187 e. The van der Waals surface area contributed by atoms with Crippen LogP contribution < -0.4 is 0 Å². The van der Waals surface area contributed by atoms with E-state index in [1.165, 1.54) is 0 Å². The highest BCUT2D eigenvalue weighted by Gasteiger charge is 2.46. The van der Waals surface area contributed by atoms with E-state index >= 15 is 0 Å². The molecule has 166 valence electrons. The highest BCUT2D eigenvalue weighted by molar-refractivity contribution is 4.90. The van der Waals surface area contributed by atoms with Gasteiger partial charge in [-0.25, -0.2) is 0 Å². The summed E-state index contributed by atoms with van der Waals surface area (Å²) in [5, 5.41) is 86.5. The zero-order valence-corrected chi connectivity index (χ0v) is 14.8. The fraction of sp³-hybridized carbons (Fsp3) is 1.00. The van der Waals surface area contributed by atoms with Crippen LogP contribution in [-0.2, 0) is 18.9 Å². The molecular weight excluding hydrogens is 388 g/mol. The minimum Gasteiger partial charge on any atom is -0.394 e. The van der Waals surface area contributed by atoms with Gasteiger partial charge in [0.15, 0.2) is 12.6 Å². The van der Waals surface area contributed by atoms with Crippen molar-refractivity contribution in [1.29, 1.82) is 0 Å². The Bertz CT molecular complexity index is 463. The highest BCUT2D eigenvalue weighted by atomic mass is 16.7. The molecule has 0 aromatic carbocycles. The van der Waals surface area contributed by atoms with E-state index in [-0.39, 0.29) is 0 Å². The lowest BCUT2D eigenvalue weighted by atomic mass is 9.99. The SMILES string of the molecule is OCC(COC1O[C@H](CO)[C@H](O)[C@H](O)[C@H]1O)OC1O[C@H](CO)[C@@H](O)[C@H](O)[C@H]1O. The fourth-order valence-electron chi connectivity index (χ4n) is 2.91. The predicted octanol–water partition coefficient (Wildman–Crippen LogP) is -6.02. The molecule has 2 aliphatic heterocycles. The summed E-state index contributed by atoms with van der Waals surface area (Å²) < 4.78 is 20.8. The van der Waals surface area contributed by atoms with Gasteiger partial charge in [0.05, 0.1) is 26.4 Å². The second kappa shape index (κ2) is 10.5. The number of aliphatic hydroxyl groups excluding tert-OH is 9. The van der Waals surface area contributed by atoms with E-state index in [9.17, 15) is 35.7 Å². The summed E-state index contributed by atoms with van der Waals surface area (Å²) in [7, 11) is 0. The van der Waals surface area contributed by atoms with Crippen molar-refractivity contribution in [3.63, 3.8) is 0 Å². The topological polar surface area (TPSA) is 219 Å². The van der Waals surface area contributed by atoms with Crippen molar-refractivity contribution < 1.29 is 64.9 Å². The molecule has 28 heavy (non-hydrogen) atoms. The number of rotatable bonds is 8. The van der Waals surface area contributed by atoms with Crippen LogP contribution in [0.3, 0.4) is 0 Å². The van der Waals surface area contributed by atoms with Crippen LogP contribution >= 0.6 is 0 Å². The van der Waals surface area contributed by atoms with Gasteiger partial charge in [0.1, 0.15) is 54.9 Å². The van der Waals surface area contributed by atoms with E-state index < -0.39 is 93.9 Å². The first-order chi connectivity index (χ1) is 13.2. The molecule has 13 heteroatoms. The Hall–Kier alpha value is -0.520. The molecular formula is C15H28O13. The van der Waals surface area contributed by atoms with E-state index in [4.69, 9.17) is 29.2 Å². The summed E-state index contributed by atoms with van der Waals surface area (Å²) in [5.74, 6) is 0. The first-order valence-corrected chi connectivity index (χ1v) is 8.74. The quantitative estimate of drug-likeness (QED) is 0.180. The van der Waals surface area contributed by atoms with E-state index in [2.05, 4.69) is 0 Å². The molecule has 2 rings (SSSR count). The van der Waals surface area contributed by atoms with Crippen LogP contribution in [0, 0.1) is 0 Å². The number of hydrogen-bond donors (Lipinski definition) is 9. The van der Waals surface area contributed by atoms with E-state index in [1.807, 2.05) is 0 Å². The third kappa shape index (κ3) is 5.14. The summed E-state index contributed by atoms with van der Waals surface area (Å²) >= 11 is 0. The predicted molar refractivity (Wildman–Crippen MR) is 85.4 cm³/mol. The third-order valence-electron chi connectivity index (χ3n) is 4.67. The van der Waals surface area contributed by atoms with Crippen LogP contribution in [0.4, 0.5) is 0 Å². The molecule has 2 fully saturated rings. The molecule has 11 atom stereocenters. The van der Waals surface area contributed by atoms with Gasteiger partial charge in [0.2, 0.25) is 0 Å². The van der Waals surface area contributed by atoms with Gasteiger partial charge in [0, 0.05) is 0 Å². The van der Waals surface area contributed by atoms with Gasteiger partial charge in [-0.1, -0.05) is 0 Å². The van der Waals surface area contributed by atoms with Gasteiger partial charge in [0.25, 0.3) is 0 Å². The smallest absolute Gasteiger partial charge is 0.187 e. The molecule has 0 spiro atoms. The fourth-order valence-corrected chi connectivity index (χ4v) is 2.91. The Kier molecular flexibility index (Phi) is 8.90. The number of hydrogen-bond acceptors (Lipinski definition) is 13. The molecule has 0 aliphatic carbocycles. The molecule has 2 heterocycles. The van der Waals surface area contributed by atoms with Gasteiger partial charge < -0.3 is 64.9 Å². The lowest BCUT2D eigenvalue weighted by Gasteiger charge is -2.41. The monoisotopic (exact) mass is 416 g/mol. The molecule has 13 nitrogen and oxygen atoms in total. The van der Waals surface area contributed by atoms with E-state index in [0.717, 1.165) is 0 Å². The van der Waals surface area contributed by atoms with Crippen molar-refractivity contribution in [2.24, 2.45) is 0 Å². The summed E-state index contributed by atoms with van der Waals surface area (Å²) in [6.45, 7) is -2.38. The zero-order chi connectivity index (χ0) is 21.0. The maximum absolute atomic E-state index is 9.94. The molecule has 3 unspecified atom stereocenters. The Labute approximate surface area is 159 Å². The minimum absolute atomic E-state index is 0.436. The Morgan fingerprint density at radius 2 is 1.11 bits per heavy atom. The number of aliphatic hydroxyl groups is 9. The molecule has 9 N–H and O–H groups in total. The van der Waals surface area contributed by atoms with Crippen LogP contribution in [0.1, 0.15) is 0 Å². The largest absolute Gasteiger partial charge is 0.394 e. The lowest BCUT2D eigenvalue weighted by molar-refractivity contribution is -0.330. The van der Waals surface area contributed by atoms with Crippen LogP contribution in [-0.4, -0.2) is 140 Å². The molecule has 0 aromatic rings. The molecule has 0 bridgehead atoms. The molecule has 0 amide bonds. The first kappa shape index (κ1) is 23.8. The zero-order valence-electron chi connectivity index (χ0n) is 14.8. The molecule has 2 saturated heterocycles. The normalized spacial score (nSPS) is 45.8. The lowest BCUT2D eigenvalue weighted by Crippen LogP contribution is -2.60. The van der Waals surface area contributed by atoms with E-state index in [0.29, 0.717) is 0 Å². The van der Waals surface area contributed by atoms with Crippen LogP contribution in [0.5, 0.6) is 0 Å². The Morgan fingerprint density at radius 1 is 0.643 bits per heavy atom. The Balaban J connectivity index is 1.93. The molecule has 0 saturated carbocycles. The average Bonchev–Trinajstić information content (AvgIpc) is 2.70. The van der Waals surface area contributed by atoms with Gasteiger partial charge in [-0.2, -0.15) is 0 Å². The molecule has 0 radical (unpaired) electrons. The summed E-state index contributed by atoms with van der Waals surface area (Å²) in [6.07, 6.45) is -16.3. The van der Waals surface area contributed by atoms with Crippen molar-refractivity contribution in [2.45, 2.75) is 67.5 Å². The third-order valence-corrected chi connectivity index (χ3v) is 4.67. The summed E-state index contributed by atoms with van der Waals surface area (Å²) in [6, 6.07) is 0. The highest BCUT2D eigenvalue weighted by Crippen LogP contribution is 2.24. The van der Waals surface area contributed by atoms with Gasteiger partial charge in [-0.15, -0.1) is 0 Å². The maximum atomic E-state index is 9.94. The second-order valence-corrected chi connectivity index (χ2v) is 6.67. The van der Waals surface area contributed by atoms with Gasteiger partial charge in [-0.05, 0) is 0 Å². The average molecular weight is 416 g/mol. The number of ether oxygens (including phenoxy) is 4. The van der Waals surface area contributed by atoms with Crippen molar-refractivity contribution >= 4 is 0 Å². The second-order valence-electron chi connectivity index (χ2n) is 6.67. The van der Waals surface area contributed by atoms with Crippen molar-refractivity contribution in [1.82, 2.24) is 0 Å².